The van der Waals surface area contributed by atoms with Crippen molar-refractivity contribution in [3.8, 4) is 0 Å². The summed E-state index contributed by atoms with van der Waals surface area (Å²) in [6, 6.07) is 8.98. The number of anilines is 1. The maximum Gasteiger partial charge on any atom is 0.529 e. The maximum absolute atomic E-state index is 10.9. The van der Waals surface area contributed by atoms with Crippen LogP contribution in [0, 0.1) is 0 Å². The summed E-state index contributed by atoms with van der Waals surface area (Å²) in [5.74, 6) is 0. The van der Waals surface area contributed by atoms with Crippen molar-refractivity contribution in [1.29, 1.82) is 0 Å². The van der Waals surface area contributed by atoms with Crippen LogP contribution in [0.3, 0.4) is 0 Å². The molecule has 0 fully saturated rings. The number of nitrogens with one attached hydrogen (secondary N) is 2. The normalized spacial score (nSPS) is 11.6. The summed E-state index contributed by atoms with van der Waals surface area (Å²) in [6.45, 7) is -0.814. The zero-order valence-electron chi connectivity index (χ0n) is 9.00. The van der Waals surface area contributed by atoms with Crippen molar-refractivity contribution in [3.05, 3.63) is 30.3 Å². The predicted molar refractivity (Wildman–Crippen MR) is 58.7 cm³/mol. The van der Waals surface area contributed by atoms with Crippen LogP contribution in [-0.2, 0) is 9.57 Å². The summed E-state index contributed by atoms with van der Waals surface area (Å²) in [7, 11) is 0. The first-order valence-electron chi connectivity index (χ1n) is 4.91. The largest absolute Gasteiger partial charge is 0.529 e. The van der Waals surface area contributed by atoms with Gasteiger partial charge >= 0.3 is 6.16 Å². The van der Waals surface area contributed by atoms with Gasteiger partial charge in [-0.25, -0.2) is 4.79 Å². The van der Waals surface area contributed by atoms with E-state index in [1.165, 1.54) is 0 Å². The number of aliphatic hydroxyl groups is 2. The third-order valence-corrected chi connectivity index (χ3v) is 1.71. The summed E-state index contributed by atoms with van der Waals surface area (Å²) >= 11 is 0. The van der Waals surface area contributed by atoms with Crippen LogP contribution in [0.1, 0.15) is 0 Å². The fourth-order valence-corrected chi connectivity index (χ4v) is 0.894. The standard InChI is InChI=1S/C10H14N2O5/c13-6-9(14)7-16-10(15)17-12-11-8-4-2-1-3-5-8/h1-5,9,11-14H,6-7H2. The molecule has 17 heavy (non-hydrogen) atoms. The lowest BCUT2D eigenvalue weighted by Crippen LogP contribution is -2.29. The highest BCUT2D eigenvalue weighted by Gasteiger charge is 2.08. The molecular weight excluding hydrogens is 228 g/mol. The predicted octanol–water partition coefficient (Wildman–Crippen LogP) is 0.0245. The number of carbonyl (C=O) groups is 1. The van der Waals surface area contributed by atoms with Crippen molar-refractivity contribution in [1.82, 2.24) is 5.59 Å². The molecular formula is C10H14N2O5. The Morgan fingerprint density at radius 2 is 2.06 bits per heavy atom. The van der Waals surface area contributed by atoms with Crippen molar-refractivity contribution in [3.63, 3.8) is 0 Å². The van der Waals surface area contributed by atoms with E-state index in [9.17, 15) is 4.79 Å². The molecule has 4 N–H and O–H groups in total. The molecule has 1 aromatic carbocycles. The van der Waals surface area contributed by atoms with Gasteiger partial charge in [0.15, 0.2) is 0 Å². The molecule has 1 unspecified atom stereocenters. The lowest BCUT2D eigenvalue weighted by atomic mass is 10.3. The number of benzene rings is 1. The minimum Gasteiger partial charge on any atom is -0.430 e. The number of aliphatic hydroxyl groups excluding tert-OH is 2. The molecule has 0 aliphatic carbocycles. The molecule has 1 aromatic rings. The van der Waals surface area contributed by atoms with Gasteiger partial charge in [-0.1, -0.05) is 23.8 Å². The lowest BCUT2D eigenvalue weighted by Gasteiger charge is -2.10. The van der Waals surface area contributed by atoms with Gasteiger partial charge in [0.25, 0.3) is 0 Å². The summed E-state index contributed by atoms with van der Waals surface area (Å²) in [5.41, 5.74) is 5.47. The quantitative estimate of drug-likeness (QED) is 0.412. The van der Waals surface area contributed by atoms with Crippen LogP contribution >= 0.6 is 0 Å². The molecule has 0 amide bonds. The highest BCUT2D eigenvalue weighted by molar-refractivity contribution is 5.59. The molecule has 1 rings (SSSR count). The van der Waals surface area contributed by atoms with E-state index in [1.807, 2.05) is 6.07 Å². The van der Waals surface area contributed by atoms with Crippen molar-refractivity contribution in [2.75, 3.05) is 18.6 Å². The number of hydrazine groups is 1. The summed E-state index contributed by atoms with van der Waals surface area (Å²) in [4.78, 5) is 15.3. The Balaban J connectivity index is 2.12. The van der Waals surface area contributed by atoms with E-state index < -0.39 is 18.9 Å². The Hall–Kier alpha value is -1.83. The van der Waals surface area contributed by atoms with E-state index in [4.69, 9.17) is 10.2 Å². The minimum atomic E-state index is -1.11. The number of rotatable bonds is 6. The maximum atomic E-state index is 10.9. The van der Waals surface area contributed by atoms with E-state index in [2.05, 4.69) is 20.6 Å². The van der Waals surface area contributed by atoms with Crippen molar-refractivity contribution in [2.45, 2.75) is 6.10 Å². The highest BCUT2D eigenvalue weighted by atomic mass is 16.8. The third kappa shape index (κ3) is 5.71. The van der Waals surface area contributed by atoms with Crippen LogP contribution in [0.25, 0.3) is 0 Å². The fourth-order valence-electron chi connectivity index (χ4n) is 0.894. The second kappa shape index (κ2) is 7.44. The number of para-hydroxylation sites is 1. The van der Waals surface area contributed by atoms with Crippen molar-refractivity contribution in [2.24, 2.45) is 0 Å². The summed E-state index contributed by atoms with van der Waals surface area (Å²) < 4.78 is 4.46. The monoisotopic (exact) mass is 242 g/mol. The Morgan fingerprint density at radius 3 is 2.71 bits per heavy atom. The molecule has 0 spiro atoms. The number of hydrogen-bond donors (Lipinski definition) is 4. The van der Waals surface area contributed by atoms with E-state index in [0.717, 1.165) is 0 Å². The number of ether oxygens (including phenoxy) is 1. The molecule has 7 heteroatoms. The number of hydrogen-bond acceptors (Lipinski definition) is 7. The molecule has 94 valence electrons. The van der Waals surface area contributed by atoms with Crippen molar-refractivity contribution < 1.29 is 24.6 Å². The molecule has 0 bridgehead atoms. The SMILES string of the molecule is O=C(OCC(O)CO)ONNc1ccccc1. The minimum absolute atomic E-state index is 0.331. The average molecular weight is 242 g/mol. The van der Waals surface area contributed by atoms with E-state index >= 15 is 0 Å². The first-order chi connectivity index (χ1) is 8.22. The Labute approximate surface area is 97.9 Å². The van der Waals surface area contributed by atoms with E-state index in [1.54, 1.807) is 24.3 Å². The molecule has 0 heterocycles. The molecule has 0 saturated carbocycles. The second-order valence-electron chi connectivity index (χ2n) is 3.09. The first kappa shape index (κ1) is 13.2. The van der Waals surface area contributed by atoms with Gasteiger partial charge in [0, 0.05) is 0 Å². The zero-order valence-corrected chi connectivity index (χ0v) is 9.00. The zero-order chi connectivity index (χ0) is 12.5. The van der Waals surface area contributed by atoms with Crippen molar-refractivity contribution >= 4 is 11.8 Å². The average Bonchev–Trinajstić information content (AvgIpc) is 2.37. The van der Waals surface area contributed by atoms with Gasteiger partial charge in [0.1, 0.15) is 12.7 Å². The van der Waals surface area contributed by atoms with Gasteiger partial charge in [-0.3, -0.25) is 5.43 Å². The van der Waals surface area contributed by atoms with Gasteiger partial charge < -0.3 is 19.8 Å². The second-order valence-corrected chi connectivity index (χ2v) is 3.09. The topological polar surface area (TPSA) is 100 Å². The molecule has 7 nitrogen and oxygen atoms in total. The van der Waals surface area contributed by atoms with Gasteiger partial charge in [0.2, 0.25) is 0 Å². The van der Waals surface area contributed by atoms with Gasteiger partial charge in [-0.05, 0) is 12.1 Å². The molecule has 0 aliphatic rings. The smallest absolute Gasteiger partial charge is 0.430 e. The molecule has 0 saturated heterocycles. The first-order valence-corrected chi connectivity index (χ1v) is 4.91. The van der Waals surface area contributed by atoms with Crippen LogP contribution in [0.15, 0.2) is 30.3 Å². The van der Waals surface area contributed by atoms with Crippen LogP contribution in [0.4, 0.5) is 10.5 Å². The number of carbonyl (C=O) groups excluding carboxylic acids is 1. The Bertz CT molecular complexity index is 333. The summed E-state index contributed by atoms with van der Waals surface area (Å²) in [6.07, 6.45) is -2.12. The van der Waals surface area contributed by atoms with Crippen LogP contribution in [-0.4, -0.2) is 35.7 Å². The fraction of sp³-hybridized carbons (Fsp3) is 0.300. The van der Waals surface area contributed by atoms with Crippen LogP contribution in [0.5, 0.6) is 0 Å². The Morgan fingerprint density at radius 1 is 1.35 bits per heavy atom. The van der Waals surface area contributed by atoms with E-state index in [0.29, 0.717) is 5.69 Å². The molecule has 0 aliphatic heterocycles. The molecule has 1 atom stereocenters. The highest BCUT2D eigenvalue weighted by Crippen LogP contribution is 2.02. The molecule has 0 radical (unpaired) electrons. The molecule has 0 aromatic heterocycles. The Kier molecular flexibility index (Phi) is 5.80. The van der Waals surface area contributed by atoms with Gasteiger partial charge in [-0.15, -0.1) is 0 Å². The third-order valence-electron chi connectivity index (χ3n) is 1.71. The lowest BCUT2D eigenvalue weighted by molar-refractivity contribution is -0.0146. The van der Waals surface area contributed by atoms with Gasteiger partial charge in [-0.2, -0.15) is 0 Å². The van der Waals surface area contributed by atoms with Crippen LogP contribution in [0.2, 0.25) is 0 Å². The summed E-state index contributed by atoms with van der Waals surface area (Å²) in [5, 5.41) is 17.4. The van der Waals surface area contributed by atoms with E-state index in [-0.39, 0.29) is 6.61 Å². The van der Waals surface area contributed by atoms with Gasteiger partial charge in [0.05, 0.1) is 12.3 Å². The van der Waals surface area contributed by atoms with Crippen LogP contribution < -0.4 is 11.0 Å².